The minimum Gasteiger partial charge on any atom is -0.393 e. The van der Waals surface area contributed by atoms with E-state index in [4.69, 9.17) is 0 Å². The summed E-state index contributed by atoms with van der Waals surface area (Å²) in [5, 5.41) is 10.6. The Labute approximate surface area is 175 Å². The molecule has 3 saturated carbocycles. The van der Waals surface area contributed by atoms with Gasteiger partial charge in [-0.1, -0.05) is 30.7 Å². The number of carbonyl (C=O) groups is 1. The molecule has 5 rings (SSSR count). The molecule has 0 aromatic heterocycles. The zero-order valence-corrected chi connectivity index (χ0v) is 18.1. The highest BCUT2D eigenvalue weighted by atomic mass is 16.3. The number of benzene rings is 1. The van der Waals surface area contributed by atoms with Gasteiger partial charge >= 0.3 is 0 Å². The number of aliphatic hydroxyl groups is 1. The average molecular weight is 394 g/mol. The van der Waals surface area contributed by atoms with E-state index in [0.717, 1.165) is 25.7 Å². The van der Waals surface area contributed by atoms with E-state index in [1.54, 1.807) is 0 Å². The predicted molar refractivity (Wildman–Crippen MR) is 117 cm³/mol. The summed E-state index contributed by atoms with van der Waals surface area (Å²) in [5.74, 6) is 3.08. The van der Waals surface area contributed by atoms with Crippen molar-refractivity contribution in [1.29, 1.82) is 0 Å². The van der Waals surface area contributed by atoms with Gasteiger partial charge in [0.05, 0.1) is 6.10 Å². The molecule has 1 N–H and O–H groups in total. The highest BCUT2D eigenvalue weighted by Crippen LogP contribution is 2.61. The van der Waals surface area contributed by atoms with Crippen LogP contribution < -0.4 is 4.90 Å². The van der Waals surface area contributed by atoms with Crippen LogP contribution in [0.2, 0.25) is 0 Å². The highest BCUT2D eigenvalue weighted by Gasteiger charge is 2.56. The molecule has 0 spiro atoms. The number of hydrogen-bond donors (Lipinski definition) is 1. The molecule has 0 bridgehead atoms. The lowest BCUT2D eigenvalue weighted by molar-refractivity contribution is -0.122. The van der Waals surface area contributed by atoms with Gasteiger partial charge in [-0.3, -0.25) is 4.79 Å². The number of aliphatic hydroxyl groups excluding tert-OH is 1. The fraction of sp³-hybridized carbons (Fsp3) is 0.654. The van der Waals surface area contributed by atoms with Crippen LogP contribution >= 0.6 is 0 Å². The van der Waals surface area contributed by atoms with Gasteiger partial charge in [0.1, 0.15) is 5.78 Å². The van der Waals surface area contributed by atoms with Crippen LogP contribution in [0.15, 0.2) is 35.9 Å². The maximum absolute atomic E-state index is 13.0. The third-order valence-corrected chi connectivity index (χ3v) is 9.16. The molecule has 1 aromatic carbocycles. The SMILES string of the molecule is CN(C)c1ccc(C2C[C@H]3C(=CC[C@@H]4[C@@H]3CC[C@]3(C)[C@@H](O)CC[C@@H]43)CC2=O)cc1. The predicted octanol–water partition coefficient (Wildman–Crippen LogP) is 4.95. The topological polar surface area (TPSA) is 40.5 Å². The van der Waals surface area contributed by atoms with Gasteiger partial charge in [-0.25, -0.2) is 0 Å². The first-order valence-corrected chi connectivity index (χ1v) is 11.6. The molecule has 156 valence electrons. The Balaban J connectivity index is 1.40. The van der Waals surface area contributed by atoms with Crippen LogP contribution in [0.25, 0.3) is 0 Å². The molecule has 0 radical (unpaired) electrons. The van der Waals surface area contributed by atoms with Gasteiger partial charge in [-0.05, 0) is 85.3 Å². The van der Waals surface area contributed by atoms with Crippen molar-refractivity contribution in [3.8, 4) is 0 Å². The molecule has 4 aliphatic rings. The first-order chi connectivity index (χ1) is 13.9. The van der Waals surface area contributed by atoms with E-state index in [2.05, 4.69) is 56.3 Å². The van der Waals surface area contributed by atoms with Gasteiger partial charge < -0.3 is 10.0 Å². The molecular weight excluding hydrogens is 358 g/mol. The second kappa shape index (κ2) is 6.97. The van der Waals surface area contributed by atoms with Crippen LogP contribution in [0.3, 0.4) is 0 Å². The lowest BCUT2D eigenvalue weighted by Gasteiger charge is -2.53. The van der Waals surface area contributed by atoms with E-state index >= 15 is 0 Å². The molecule has 29 heavy (non-hydrogen) atoms. The van der Waals surface area contributed by atoms with Crippen molar-refractivity contribution < 1.29 is 9.90 Å². The van der Waals surface area contributed by atoms with Gasteiger partial charge in [0, 0.05) is 32.1 Å². The lowest BCUT2D eigenvalue weighted by atomic mass is 9.52. The number of nitrogens with zero attached hydrogens (tertiary/aromatic N) is 1. The fourth-order valence-electron chi connectivity index (χ4n) is 7.41. The number of fused-ring (bicyclic) bond motifs is 5. The van der Waals surface area contributed by atoms with E-state index in [9.17, 15) is 9.90 Å². The second-order valence-corrected chi connectivity index (χ2v) is 10.6. The molecule has 1 unspecified atom stereocenters. The number of carbonyl (C=O) groups excluding carboxylic acids is 1. The summed E-state index contributed by atoms with van der Waals surface area (Å²) in [6, 6.07) is 8.61. The summed E-state index contributed by atoms with van der Waals surface area (Å²) < 4.78 is 0. The lowest BCUT2D eigenvalue weighted by Crippen LogP contribution is -2.47. The van der Waals surface area contributed by atoms with Gasteiger partial charge in [0.25, 0.3) is 0 Å². The Hall–Kier alpha value is -1.61. The summed E-state index contributed by atoms with van der Waals surface area (Å²) >= 11 is 0. The summed E-state index contributed by atoms with van der Waals surface area (Å²) in [6.45, 7) is 2.34. The molecule has 3 nitrogen and oxygen atoms in total. The second-order valence-electron chi connectivity index (χ2n) is 10.6. The van der Waals surface area contributed by atoms with Crippen molar-refractivity contribution in [2.24, 2.45) is 29.1 Å². The largest absolute Gasteiger partial charge is 0.393 e. The van der Waals surface area contributed by atoms with Crippen LogP contribution in [0, 0.1) is 29.1 Å². The minimum absolute atomic E-state index is 0.0505. The Morgan fingerprint density at radius 2 is 1.83 bits per heavy atom. The van der Waals surface area contributed by atoms with Crippen LogP contribution in [0.5, 0.6) is 0 Å². The van der Waals surface area contributed by atoms with Crippen molar-refractivity contribution in [3.05, 3.63) is 41.5 Å². The molecule has 0 amide bonds. The number of allylic oxidation sites excluding steroid dienone is 2. The van der Waals surface area contributed by atoms with E-state index in [-0.39, 0.29) is 17.4 Å². The Morgan fingerprint density at radius 1 is 1.07 bits per heavy atom. The maximum atomic E-state index is 13.0. The van der Waals surface area contributed by atoms with Crippen LogP contribution in [-0.4, -0.2) is 31.1 Å². The smallest absolute Gasteiger partial charge is 0.144 e. The van der Waals surface area contributed by atoms with E-state index in [1.165, 1.54) is 29.7 Å². The van der Waals surface area contributed by atoms with Crippen LogP contribution in [0.1, 0.15) is 63.4 Å². The van der Waals surface area contributed by atoms with Gasteiger partial charge in [0.15, 0.2) is 0 Å². The first kappa shape index (κ1) is 19.4. The maximum Gasteiger partial charge on any atom is 0.144 e. The summed E-state index contributed by atoms with van der Waals surface area (Å²) in [6.07, 6.45) is 9.60. The van der Waals surface area contributed by atoms with Crippen molar-refractivity contribution in [2.75, 3.05) is 19.0 Å². The summed E-state index contributed by atoms with van der Waals surface area (Å²) in [5.41, 5.74) is 3.93. The van der Waals surface area contributed by atoms with E-state index in [0.29, 0.717) is 35.9 Å². The number of anilines is 1. The summed E-state index contributed by atoms with van der Waals surface area (Å²) in [7, 11) is 4.10. The highest BCUT2D eigenvalue weighted by molar-refractivity contribution is 5.89. The quantitative estimate of drug-likeness (QED) is 0.723. The molecular formula is C26H35NO2. The number of rotatable bonds is 2. The fourth-order valence-corrected chi connectivity index (χ4v) is 7.41. The number of hydrogen-bond acceptors (Lipinski definition) is 3. The zero-order valence-electron chi connectivity index (χ0n) is 18.1. The Kier molecular flexibility index (Phi) is 4.66. The number of Topliss-reactive ketones (excluding diaryl/α,β-unsaturated/α-hetero) is 1. The third kappa shape index (κ3) is 3.00. The van der Waals surface area contributed by atoms with Gasteiger partial charge in [-0.15, -0.1) is 0 Å². The summed E-state index contributed by atoms with van der Waals surface area (Å²) in [4.78, 5) is 15.1. The first-order valence-electron chi connectivity index (χ1n) is 11.6. The average Bonchev–Trinajstić information content (AvgIpc) is 3.02. The minimum atomic E-state index is -0.116. The zero-order chi connectivity index (χ0) is 20.3. The van der Waals surface area contributed by atoms with Gasteiger partial charge in [0.2, 0.25) is 0 Å². The molecule has 3 fully saturated rings. The molecule has 4 aliphatic carbocycles. The Bertz CT molecular complexity index is 826. The van der Waals surface area contributed by atoms with E-state index < -0.39 is 0 Å². The Morgan fingerprint density at radius 3 is 2.55 bits per heavy atom. The van der Waals surface area contributed by atoms with Crippen molar-refractivity contribution in [3.63, 3.8) is 0 Å². The monoisotopic (exact) mass is 393 g/mol. The van der Waals surface area contributed by atoms with Crippen molar-refractivity contribution in [1.82, 2.24) is 0 Å². The standard InChI is InChI=1S/C26H35NO2/c1-26-13-12-19-20(23(26)10-11-25(26)29)9-6-17-14-24(28)22(15-21(17)19)16-4-7-18(8-5-16)27(2)3/h4-8,19-23,25,29H,9-15H2,1-3H3/t19-,20+,21-,22?,23-,25-,26-/m0/s1. The van der Waals surface area contributed by atoms with E-state index in [1.807, 2.05) is 0 Å². The van der Waals surface area contributed by atoms with Crippen LogP contribution in [-0.2, 0) is 4.79 Å². The molecule has 0 saturated heterocycles. The van der Waals surface area contributed by atoms with Gasteiger partial charge in [-0.2, -0.15) is 0 Å². The van der Waals surface area contributed by atoms with Crippen molar-refractivity contribution >= 4 is 11.5 Å². The molecule has 0 heterocycles. The van der Waals surface area contributed by atoms with Crippen LogP contribution in [0.4, 0.5) is 5.69 Å². The van der Waals surface area contributed by atoms with Crippen molar-refractivity contribution in [2.45, 2.75) is 63.9 Å². The number of ketones is 1. The molecule has 7 atom stereocenters. The molecule has 0 aliphatic heterocycles. The molecule has 3 heteroatoms. The normalized spacial score (nSPS) is 41.2. The molecule has 1 aromatic rings. The third-order valence-electron chi connectivity index (χ3n) is 9.16.